The van der Waals surface area contributed by atoms with Gasteiger partial charge in [0.25, 0.3) is 0 Å². The van der Waals surface area contributed by atoms with E-state index < -0.39 is 0 Å². The molecule has 0 spiro atoms. The molecule has 0 radical (unpaired) electrons. The van der Waals surface area contributed by atoms with Crippen molar-refractivity contribution in [1.82, 2.24) is 24.9 Å². The Kier molecular flexibility index (Phi) is 3.99. The number of hydrogen-bond donors (Lipinski definition) is 1. The second kappa shape index (κ2) is 5.76. The number of nitrogens with zero attached hydrogens (tertiary/aromatic N) is 4. The number of H-pyrrole nitrogens is 1. The van der Waals surface area contributed by atoms with Crippen LogP contribution in [0.5, 0.6) is 0 Å². The van der Waals surface area contributed by atoms with Gasteiger partial charge < -0.3 is 14.7 Å². The van der Waals surface area contributed by atoms with Crippen molar-refractivity contribution >= 4 is 17.4 Å². The maximum Gasteiger partial charge on any atom is 0.322 e. The fraction of sp³-hybridized carbons (Fsp3) is 0.769. The van der Waals surface area contributed by atoms with Crippen LogP contribution in [0, 0.1) is 5.92 Å². The molecule has 1 aromatic rings. The van der Waals surface area contributed by atoms with Crippen LogP contribution >= 0.6 is 11.3 Å². The molecule has 1 aromatic heterocycles. The molecule has 0 saturated carbocycles. The van der Waals surface area contributed by atoms with E-state index in [1.165, 1.54) is 0 Å². The number of carbonyl (C=O) groups is 1. The quantitative estimate of drug-likeness (QED) is 0.806. The molecule has 2 amide bonds. The van der Waals surface area contributed by atoms with E-state index in [0.717, 1.165) is 49.1 Å². The summed E-state index contributed by atoms with van der Waals surface area (Å²) in [6.45, 7) is 6.96. The van der Waals surface area contributed by atoms with E-state index in [1.54, 1.807) is 0 Å². The number of amides is 2. The normalized spacial score (nSPS) is 27.3. The minimum absolute atomic E-state index is 0.124. The number of hydrogen-bond acceptors (Lipinski definition) is 5. The zero-order chi connectivity index (χ0) is 15.0. The number of aromatic amines is 1. The molecule has 0 unspecified atom stereocenters. The largest absolute Gasteiger partial charge is 0.324 e. The molecule has 0 bridgehead atoms. The minimum atomic E-state index is -0.124. The van der Waals surface area contributed by atoms with Crippen molar-refractivity contribution in [3.05, 3.63) is 14.7 Å². The van der Waals surface area contributed by atoms with Gasteiger partial charge in [-0.2, -0.15) is 5.10 Å². The van der Waals surface area contributed by atoms with E-state index in [0.29, 0.717) is 12.5 Å². The lowest BCUT2D eigenvalue weighted by Gasteiger charge is -2.35. The lowest BCUT2D eigenvalue weighted by molar-refractivity contribution is 0.128. The number of piperazine rings is 1. The Bertz CT molecular complexity index is 563. The van der Waals surface area contributed by atoms with E-state index in [-0.39, 0.29) is 16.8 Å². The van der Waals surface area contributed by atoms with Gasteiger partial charge in [0.1, 0.15) is 5.01 Å². The van der Waals surface area contributed by atoms with E-state index in [9.17, 15) is 9.59 Å². The molecule has 2 aliphatic rings. The molecule has 3 rings (SSSR count). The maximum atomic E-state index is 12.6. The van der Waals surface area contributed by atoms with Crippen LogP contribution in [-0.4, -0.2) is 77.2 Å². The fourth-order valence-electron chi connectivity index (χ4n) is 3.04. The molecule has 2 atom stereocenters. The summed E-state index contributed by atoms with van der Waals surface area (Å²) in [5.74, 6) is 0.505. The third-order valence-corrected chi connectivity index (χ3v) is 5.31. The third-order valence-electron chi connectivity index (χ3n) is 4.43. The van der Waals surface area contributed by atoms with Crippen LogP contribution in [0.4, 0.5) is 4.79 Å². The summed E-state index contributed by atoms with van der Waals surface area (Å²) in [6, 6.07) is 0.125. The predicted molar refractivity (Wildman–Crippen MR) is 80.7 cm³/mol. The van der Waals surface area contributed by atoms with E-state index in [4.69, 9.17) is 0 Å². The summed E-state index contributed by atoms with van der Waals surface area (Å²) in [6.07, 6.45) is 0. The summed E-state index contributed by atoms with van der Waals surface area (Å²) >= 11 is 1.16. The van der Waals surface area contributed by atoms with Gasteiger partial charge in [-0.1, -0.05) is 18.3 Å². The summed E-state index contributed by atoms with van der Waals surface area (Å²) in [4.78, 5) is 29.8. The molecule has 2 aliphatic heterocycles. The number of aromatic nitrogens is 2. The average Bonchev–Trinajstić information content (AvgIpc) is 3.05. The Morgan fingerprint density at radius 1 is 1.24 bits per heavy atom. The lowest BCUT2D eigenvalue weighted by Crippen LogP contribution is -2.51. The van der Waals surface area contributed by atoms with Crippen molar-refractivity contribution in [2.75, 3.05) is 46.3 Å². The molecular formula is C13H21N5O2S. The van der Waals surface area contributed by atoms with Crippen LogP contribution in [0.15, 0.2) is 4.79 Å². The van der Waals surface area contributed by atoms with Gasteiger partial charge >= 0.3 is 10.9 Å². The van der Waals surface area contributed by atoms with Crippen molar-refractivity contribution in [2.45, 2.75) is 12.8 Å². The van der Waals surface area contributed by atoms with Crippen LogP contribution in [0.2, 0.25) is 0 Å². The zero-order valence-corrected chi connectivity index (χ0v) is 13.2. The summed E-state index contributed by atoms with van der Waals surface area (Å²) in [5.41, 5.74) is 0. The van der Waals surface area contributed by atoms with Crippen molar-refractivity contribution < 1.29 is 4.79 Å². The first-order valence-electron chi connectivity index (χ1n) is 7.32. The summed E-state index contributed by atoms with van der Waals surface area (Å²) in [7, 11) is 2.08. The SMILES string of the molecule is C[C@@H]1CN(C(=O)N2CCN(C)CC2)C[C@@H]1c1n[nH]c(=O)s1. The maximum absolute atomic E-state index is 12.6. The Morgan fingerprint density at radius 2 is 1.95 bits per heavy atom. The molecule has 0 aliphatic carbocycles. The highest BCUT2D eigenvalue weighted by Gasteiger charge is 2.37. The standard InChI is InChI=1S/C13H21N5O2S/c1-9-7-18(8-10(9)11-14-15-12(19)21-11)13(20)17-5-3-16(2)4-6-17/h9-10H,3-8H2,1-2H3,(H,15,19)/t9-,10+/m1/s1. The zero-order valence-electron chi connectivity index (χ0n) is 12.4. The smallest absolute Gasteiger partial charge is 0.322 e. The van der Waals surface area contributed by atoms with Gasteiger partial charge in [-0.3, -0.25) is 4.79 Å². The number of carbonyl (C=O) groups excluding carboxylic acids is 1. The Balaban J connectivity index is 1.65. The van der Waals surface area contributed by atoms with Crippen LogP contribution < -0.4 is 4.87 Å². The molecule has 7 nitrogen and oxygen atoms in total. The second-order valence-electron chi connectivity index (χ2n) is 6.01. The van der Waals surface area contributed by atoms with Crippen LogP contribution in [0.3, 0.4) is 0 Å². The lowest BCUT2D eigenvalue weighted by atomic mass is 9.99. The summed E-state index contributed by atoms with van der Waals surface area (Å²) in [5, 5.41) is 7.38. The van der Waals surface area contributed by atoms with Crippen molar-refractivity contribution in [3.8, 4) is 0 Å². The molecule has 3 heterocycles. The van der Waals surface area contributed by atoms with E-state index >= 15 is 0 Å². The number of likely N-dealkylation sites (N-methyl/N-ethyl adjacent to an activating group) is 1. The Hall–Kier alpha value is -1.41. The Labute approximate surface area is 127 Å². The molecule has 2 saturated heterocycles. The first-order chi connectivity index (χ1) is 10.0. The topological polar surface area (TPSA) is 72.5 Å². The molecule has 116 valence electrons. The van der Waals surface area contributed by atoms with Crippen molar-refractivity contribution in [3.63, 3.8) is 0 Å². The van der Waals surface area contributed by atoms with Gasteiger partial charge in [0.2, 0.25) is 0 Å². The number of rotatable bonds is 1. The molecule has 0 aromatic carbocycles. The van der Waals surface area contributed by atoms with E-state index in [2.05, 4.69) is 29.1 Å². The van der Waals surface area contributed by atoms with Gasteiger partial charge in [0.05, 0.1) is 0 Å². The second-order valence-corrected chi connectivity index (χ2v) is 7.01. The van der Waals surface area contributed by atoms with Crippen LogP contribution in [0.25, 0.3) is 0 Å². The van der Waals surface area contributed by atoms with Gasteiger partial charge in [-0.15, -0.1) is 0 Å². The highest BCUT2D eigenvalue weighted by atomic mass is 32.1. The first kappa shape index (κ1) is 14.5. The Morgan fingerprint density at radius 3 is 2.57 bits per heavy atom. The molecule has 8 heteroatoms. The highest BCUT2D eigenvalue weighted by Crippen LogP contribution is 2.32. The third kappa shape index (κ3) is 2.96. The molecule has 21 heavy (non-hydrogen) atoms. The molecular weight excluding hydrogens is 290 g/mol. The molecule has 1 N–H and O–H groups in total. The van der Waals surface area contributed by atoms with Crippen molar-refractivity contribution in [2.24, 2.45) is 5.92 Å². The predicted octanol–water partition coefficient (Wildman–Crippen LogP) is 0.234. The monoisotopic (exact) mass is 311 g/mol. The van der Waals surface area contributed by atoms with E-state index in [1.807, 2.05) is 9.80 Å². The average molecular weight is 311 g/mol. The van der Waals surface area contributed by atoms with Crippen LogP contribution in [0.1, 0.15) is 17.8 Å². The first-order valence-corrected chi connectivity index (χ1v) is 8.14. The summed E-state index contributed by atoms with van der Waals surface area (Å²) < 4.78 is 0. The molecule has 2 fully saturated rings. The van der Waals surface area contributed by atoms with Gasteiger partial charge in [0, 0.05) is 45.2 Å². The van der Waals surface area contributed by atoms with Gasteiger partial charge in [-0.05, 0) is 13.0 Å². The highest BCUT2D eigenvalue weighted by molar-refractivity contribution is 7.08. The van der Waals surface area contributed by atoms with Crippen LogP contribution in [-0.2, 0) is 0 Å². The van der Waals surface area contributed by atoms with Gasteiger partial charge in [-0.25, -0.2) is 9.89 Å². The fourth-order valence-corrected chi connectivity index (χ4v) is 3.87. The van der Waals surface area contributed by atoms with Gasteiger partial charge in [0.15, 0.2) is 0 Å². The van der Waals surface area contributed by atoms with Crippen molar-refractivity contribution in [1.29, 1.82) is 0 Å². The number of urea groups is 1. The number of nitrogens with one attached hydrogen (secondary N) is 1. The minimum Gasteiger partial charge on any atom is -0.324 e. The number of likely N-dealkylation sites (tertiary alicyclic amines) is 1.